The molecular formula is C17H23N3OS. The van der Waals surface area contributed by atoms with Crippen molar-refractivity contribution < 1.29 is 5.11 Å². The van der Waals surface area contributed by atoms with Gasteiger partial charge in [0, 0.05) is 13.1 Å². The van der Waals surface area contributed by atoms with Gasteiger partial charge >= 0.3 is 0 Å². The molecule has 1 aromatic carbocycles. The zero-order valence-electron chi connectivity index (χ0n) is 13.0. The van der Waals surface area contributed by atoms with E-state index in [0.29, 0.717) is 5.92 Å². The van der Waals surface area contributed by atoms with Crippen molar-refractivity contribution in [1.82, 2.24) is 10.2 Å². The number of nitrogens with zero attached hydrogens (tertiary/aromatic N) is 3. The van der Waals surface area contributed by atoms with Gasteiger partial charge in [0.25, 0.3) is 0 Å². The molecule has 0 spiro atoms. The van der Waals surface area contributed by atoms with Gasteiger partial charge < -0.3 is 10.0 Å². The van der Waals surface area contributed by atoms with Crippen LogP contribution in [0.3, 0.4) is 0 Å². The summed E-state index contributed by atoms with van der Waals surface area (Å²) in [7, 11) is 0. The van der Waals surface area contributed by atoms with E-state index in [1.807, 2.05) is 13.0 Å². The number of benzene rings is 1. The van der Waals surface area contributed by atoms with Crippen molar-refractivity contribution in [3.63, 3.8) is 0 Å². The maximum atomic E-state index is 10.5. The molecular weight excluding hydrogens is 294 g/mol. The predicted octanol–water partition coefficient (Wildman–Crippen LogP) is 3.06. The van der Waals surface area contributed by atoms with Gasteiger partial charge in [0.15, 0.2) is 0 Å². The Morgan fingerprint density at radius 3 is 2.59 bits per heavy atom. The van der Waals surface area contributed by atoms with Gasteiger partial charge in [-0.15, -0.1) is 10.2 Å². The van der Waals surface area contributed by atoms with Crippen LogP contribution in [0.5, 0.6) is 0 Å². The second-order valence-electron chi connectivity index (χ2n) is 6.02. The predicted molar refractivity (Wildman–Crippen MR) is 90.4 cm³/mol. The van der Waals surface area contributed by atoms with Crippen molar-refractivity contribution in [3.05, 3.63) is 40.9 Å². The summed E-state index contributed by atoms with van der Waals surface area (Å²) in [6.07, 6.45) is 3.69. The molecule has 5 heteroatoms. The first kappa shape index (κ1) is 15.4. The van der Waals surface area contributed by atoms with Crippen LogP contribution in [0, 0.1) is 12.8 Å². The fraction of sp³-hybridized carbons (Fsp3) is 0.529. The summed E-state index contributed by atoms with van der Waals surface area (Å²) in [5, 5.41) is 20.8. The second-order valence-corrected chi connectivity index (χ2v) is 7.18. The SMILES string of the molecule is Cc1nnc(N2CCC([C@H](O)CCc3ccccc3)CC2)s1. The van der Waals surface area contributed by atoms with Gasteiger partial charge in [-0.2, -0.15) is 0 Å². The lowest BCUT2D eigenvalue weighted by atomic mass is 9.88. The Labute approximate surface area is 135 Å². The Morgan fingerprint density at radius 2 is 1.95 bits per heavy atom. The molecule has 1 aliphatic heterocycles. The molecule has 3 rings (SSSR count). The summed E-state index contributed by atoms with van der Waals surface area (Å²) in [6, 6.07) is 10.4. The number of aliphatic hydroxyl groups is 1. The van der Waals surface area contributed by atoms with Crippen LogP contribution in [0.1, 0.15) is 29.8 Å². The monoisotopic (exact) mass is 317 g/mol. The van der Waals surface area contributed by atoms with E-state index in [4.69, 9.17) is 0 Å². The van der Waals surface area contributed by atoms with E-state index in [1.165, 1.54) is 5.56 Å². The lowest BCUT2D eigenvalue weighted by Gasteiger charge is -2.33. The van der Waals surface area contributed by atoms with Gasteiger partial charge in [-0.25, -0.2) is 0 Å². The Kier molecular flexibility index (Phi) is 5.05. The minimum atomic E-state index is -0.196. The molecule has 1 N–H and O–H groups in total. The van der Waals surface area contributed by atoms with Crippen LogP contribution >= 0.6 is 11.3 Å². The smallest absolute Gasteiger partial charge is 0.208 e. The molecule has 1 atom stereocenters. The second kappa shape index (κ2) is 7.20. The number of piperidine rings is 1. The molecule has 0 aliphatic carbocycles. The summed E-state index contributed by atoms with van der Waals surface area (Å²) in [4.78, 5) is 2.30. The van der Waals surface area contributed by atoms with Gasteiger partial charge in [-0.1, -0.05) is 41.7 Å². The van der Waals surface area contributed by atoms with Crippen LogP contribution in [-0.2, 0) is 6.42 Å². The van der Waals surface area contributed by atoms with Crippen LogP contribution in [0.4, 0.5) is 5.13 Å². The zero-order valence-corrected chi connectivity index (χ0v) is 13.8. The number of rotatable bonds is 5. The van der Waals surface area contributed by atoms with Crippen LogP contribution in [0.2, 0.25) is 0 Å². The fourth-order valence-electron chi connectivity index (χ4n) is 3.08. The van der Waals surface area contributed by atoms with Crippen molar-refractivity contribution in [2.75, 3.05) is 18.0 Å². The molecule has 4 nitrogen and oxygen atoms in total. The highest BCUT2D eigenvalue weighted by atomic mass is 32.1. The highest BCUT2D eigenvalue weighted by molar-refractivity contribution is 7.15. The van der Waals surface area contributed by atoms with Crippen LogP contribution in [0.15, 0.2) is 30.3 Å². The fourth-order valence-corrected chi connectivity index (χ4v) is 3.82. The Morgan fingerprint density at radius 1 is 1.23 bits per heavy atom. The molecule has 1 aliphatic rings. The quantitative estimate of drug-likeness (QED) is 0.921. The number of hydrogen-bond donors (Lipinski definition) is 1. The molecule has 22 heavy (non-hydrogen) atoms. The van der Waals surface area contributed by atoms with Gasteiger partial charge in [-0.05, 0) is 44.1 Å². The van der Waals surface area contributed by atoms with Gasteiger partial charge in [-0.3, -0.25) is 0 Å². The van der Waals surface area contributed by atoms with Gasteiger partial charge in [0.05, 0.1) is 6.10 Å². The molecule has 1 aromatic heterocycles. The van der Waals surface area contributed by atoms with Crippen molar-refractivity contribution in [2.45, 2.75) is 38.7 Å². The highest BCUT2D eigenvalue weighted by Crippen LogP contribution is 2.28. The summed E-state index contributed by atoms with van der Waals surface area (Å²) in [5.41, 5.74) is 1.31. The van der Waals surface area contributed by atoms with E-state index in [-0.39, 0.29) is 6.10 Å². The molecule has 2 aromatic rings. The largest absolute Gasteiger partial charge is 0.393 e. The van der Waals surface area contributed by atoms with Crippen LogP contribution in [-0.4, -0.2) is 34.5 Å². The molecule has 2 heterocycles. The first-order valence-corrected chi connectivity index (χ1v) is 8.81. The average molecular weight is 317 g/mol. The molecule has 1 fully saturated rings. The summed E-state index contributed by atoms with van der Waals surface area (Å²) < 4.78 is 0. The third-order valence-electron chi connectivity index (χ3n) is 4.44. The zero-order chi connectivity index (χ0) is 15.4. The molecule has 0 saturated carbocycles. The maximum Gasteiger partial charge on any atom is 0.208 e. The van der Waals surface area contributed by atoms with Crippen molar-refractivity contribution in [2.24, 2.45) is 5.92 Å². The van der Waals surface area contributed by atoms with Crippen molar-refractivity contribution in [3.8, 4) is 0 Å². The Hall–Kier alpha value is -1.46. The van der Waals surface area contributed by atoms with E-state index in [1.54, 1.807) is 11.3 Å². The molecule has 0 amide bonds. The molecule has 0 radical (unpaired) electrons. The standard InChI is InChI=1S/C17H23N3OS/c1-13-18-19-17(22-13)20-11-9-15(10-12-20)16(21)8-7-14-5-3-2-4-6-14/h2-6,15-16,21H,7-12H2,1H3/t16-/m1/s1. The third-order valence-corrected chi connectivity index (χ3v) is 5.34. The van der Waals surface area contributed by atoms with Crippen molar-refractivity contribution >= 4 is 16.5 Å². The highest BCUT2D eigenvalue weighted by Gasteiger charge is 2.26. The number of hydrogen-bond acceptors (Lipinski definition) is 5. The van der Waals surface area contributed by atoms with E-state index in [2.05, 4.69) is 39.4 Å². The molecule has 0 bridgehead atoms. The van der Waals surface area contributed by atoms with Crippen molar-refractivity contribution in [1.29, 1.82) is 0 Å². The summed E-state index contributed by atoms with van der Waals surface area (Å²) in [5.74, 6) is 0.411. The molecule has 118 valence electrons. The van der Waals surface area contributed by atoms with E-state index < -0.39 is 0 Å². The van der Waals surface area contributed by atoms with Gasteiger partial charge in [0.2, 0.25) is 5.13 Å². The number of anilines is 1. The maximum absolute atomic E-state index is 10.5. The van der Waals surface area contributed by atoms with Crippen LogP contribution in [0.25, 0.3) is 0 Å². The average Bonchev–Trinajstić information content (AvgIpc) is 3.00. The van der Waals surface area contributed by atoms with E-state index in [0.717, 1.165) is 48.9 Å². The molecule has 1 saturated heterocycles. The Bertz CT molecular complexity index is 579. The molecule has 0 unspecified atom stereocenters. The first-order valence-electron chi connectivity index (χ1n) is 7.99. The lowest BCUT2D eigenvalue weighted by Crippen LogP contribution is -2.38. The summed E-state index contributed by atoms with van der Waals surface area (Å²) in [6.45, 7) is 3.94. The normalized spacial score (nSPS) is 17.6. The summed E-state index contributed by atoms with van der Waals surface area (Å²) >= 11 is 1.65. The van der Waals surface area contributed by atoms with Gasteiger partial charge in [0.1, 0.15) is 5.01 Å². The van der Waals surface area contributed by atoms with E-state index >= 15 is 0 Å². The topological polar surface area (TPSA) is 49.2 Å². The Balaban J connectivity index is 1.46. The number of aryl methyl sites for hydroxylation is 2. The number of aliphatic hydroxyl groups excluding tert-OH is 1. The third kappa shape index (κ3) is 3.84. The van der Waals surface area contributed by atoms with E-state index in [9.17, 15) is 5.11 Å². The van der Waals surface area contributed by atoms with Crippen LogP contribution < -0.4 is 4.90 Å². The minimum absolute atomic E-state index is 0.196. The first-order chi connectivity index (χ1) is 10.7. The lowest BCUT2D eigenvalue weighted by molar-refractivity contribution is 0.0850. The minimum Gasteiger partial charge on any atom is -0.393 e. The number of aromatic nitrogens is 2.